The van der Waals surface area contributed by atoms with Crippen LogP contribution in [0.1, 0.15) is 36.5 Å². The molecule has 1 aliphatic heterocycles. The van der Waals surface area contributed by atoms with Crippen molar-refractivity contribution in [1.29, 1.82) is 0 Å². The molecule has 6 heteroatoms. The number of likely N-dealkylation sites (tertiary alicyclic amines) is 1. The summed E-state index contributed by atoms with van der Waals surface area (Å²) in [4.78, 5) is 26.2. The number of carbonyl (C=O) groups is 2. The Morgan fingerprint density at radius 1 is 1.25 bits per heavy atom. The second-order valence-electron chi connectivity index (χ2n) is 6.42. The minimum Gasteiger partial charge on any atom is -0.355 e. The van der Waals surface area contributed by atoms with Gasteiger partial charge in [0.2, 0.25) is 5.91 Å². The predicted molar refractivity (Wildman–Crippen MR) is 98.9 cm³/mol. The Morgan fingerprint density at radius 3 is 2.71 bits per heavy atom. The van der Waals surface area contributed by atoms with Gasteiger partial charge < -0.3 is 15.5 Å². The largest absolute Gasteiger partial charge is 0.355 e. The summed E-state index contributed by atoms with van der Waals surface area (Å²) >= 11 is 3.33. The Hall–Kier alpha value is -1.40. The van der Waals surface area contributed by atoms with E-state index in [0.717, 1.165) is 36.4 Å². The van der Waals surface area contributed by atoms with Crippen LogP contribution >= 0.6 is 15.9 Å². The topological polar surface area (TPSA) is 61.4 Å². The minimum absolute atomic E-state index is 0.00652. The average Bonchev–Trinajstić information content (AvgIpc) is 2.58. The number of amides is 2. The van der Waals surface area contributed by atoms with Gasteiger partial charge in [-0.2, -0.15) is 0 Å². The van der Waals surface area contributed by atoms with Crippen molar-refractivity contribution in [3.63, 3.8) is 0 Å². The van der Waals surface area contributed by atoms with E-state index in [9.17, 15) is 9.59 Å². The second-order valence-corrected chi connectivity index (χ2v) is 7.34. The van der Waals surface area contributed by atoms with Crippen molar-refractivity contribution >= 4 is 27.7 Å². The Balaban J connectivity index is 1.57. The van der Waals surface area contributed by atoms with Gasteiger partial charge in [-0.3, -0.25) is 9.59 Å². The van der Waals surface area contributed by atoms with E-state index in [0.29, 0.717) is 12.1 Å². The van der Waals surface area contributed by atoms with Gasteiger partial charge in [0.15, 0.2) is 0 Å². The monoisotopic (exact) mass is 395 g/mol. The summed E-state index contributed by atoms with van der Waals surface area (Å²) in [7, 11) is 0. The van der Waals surface area contributed by atoms with E-state index >= 15 is 0 Å². The average molecular weight is 396 g/mol. The lowest BCUT2D eigenvalue weighted by Gasteiger charge is -2.30. The Morgan fingerprint density at radius 2 is 2.00 bits per heavy atom. The van der Waals surface area contributed by atoms with E-state index in [-0.39, 0.29) is 18.4 Å². The molecule has 132 valence electrons. The lowest BCUT2D eigenvalue weighted by molar-refractivity contribution is -0.120. The third-order valence-corrected chi connectivity index (χ3v) is 4.84. The van der Waals surface area contributed by atoms with Crippen molar-refractivity contribution in [3.8, 4) is 0 Å². The molecule has 2 amide bonds. The summed E-state index contributed by atoms with van der Waals surface area (Å²) in [6, 6.07) is 7.09. The van der Waals surface area contributed by atoms with Crippen molar-refractivity contribution in [2.45, 2.75) is 26.2 Å². The van der Waals surface area contributed by atoms with Gasteiger partial charge in [0.1, 0.15) is 0 Å². The van der Waals surface area contributed by atoms with Gasteiger partial charge in [0.05, 0.1) is 6.54 Å². The number of carbonyl (C=O) groups excluding carboxylic acids is 2. The lowest BCUT2D eigenvalue weighted by Crippen LogP contribution is -2.39. The van der Waals surface area contributed by atoms with Crippen LogP contribution in [0.15, 0.2) is 28.7 Å². The molecule has 1 saturated heterocycles. The number of nitrogens with one attached hydrogen (secondary N) is 2. The van der Waals surface area contributed by atoms with E-state index in [2.05, 4.69) is 38.4 Å². The highest BCUT2D eigenvalue weighted by Gasteiger charge is 2.15. The van der Waals surface area contributed by atoms with Crippen LogP contribution in [0, 0.1) is 5.92 Å². The Kier molecular flexibility index (Phi) is 7.72. The van der Waals surface area contributed by atoms with E-state index < -0.39 is 0 Å². The van der Waals surface area contributed by atoms with E-state index in [1.165, 1.54) is 12.8 Å². The molecule has 0 spiro atoms. The maximum absolute atomic E-state index is 11.9. The highest BCUT2D eigenvalue weighted by Crippen LogP contribution is 2.15. The molecule has 1 fully saturated rings. The zero-order chi connectivity index (χ0) is 17.4. The smallest absolute Gasteiger partial charge is 0.251 e. The molecule has 0 aromatic heterocycles. The Labute approximate surface area is 152 Å². The van der Waals surface area contributed by atoms with Crippen LogP contribution in [0.4, 0.5) is 0 Å². The first-order chi connectivity index (χ1) is 11.5. The molecular formula is C18H26BrN3O2. The summed E-state index contributed by atoms with van der Waals surface area (Å²) < 4.78 is 0.840. The quantitative estimate of drug-likeness (QED) is 0.696. The molecule has 0 saturated carbocycles. The predicted octanol–water partition coefficient (Wildman–Crippen LogP) is 2.42. The fourth-order valence-electron chi connectivity index (χ4n) is 2.77. The fraction of sp³-hybridized carbons (Fsp3) is 0.556. The molecule has 2 rings (SSSR count). The number of hydrogen-bond donors (Lipinski definition) is 2. The zero-order valence-corrected chi connectivity index (χ0v) is 15.8. The summed E-state index contributed by atoms with van der Waals surface area (Å²) in [5.74, 6) is 0.453. The molecule has 0 radical (unpaired) electrons. The molecule has 24 heavy (non-hydrogen) atoms. The van der Waals surface area contributed by atoms with Gasteiger partial charge in [0.25, 0.3) is 5.91 Å². The lowest BCUT2D eigenvalue weighted by atomic mass is 9.99. The van der Waals surface area contributed by atoms with Crippen molar-refractivity contribution < 1.29 is 9.59 Å². The molecule has 2 N–H and O–H groups in total. The number of rotatable bonds is 7. The van der Waals surface area contributed by atoms with E-state index in [4.69, 9.17) is 0 Å². The van der Waals surface area contributed by atoms with Crippen LogP contribution < -0.4 is 10.6 Å². The first kappa shape index (κ1) is 18.9. The van der Waals surface area contributed by atoms with E-state index in [1.807, 2.05) is 6.07 Å². The third kappa shape index (κ3) is 6.61. The van der Waals surface area contributed by atoms with Crippen molar-refractivity contribution in [2.24, 2.45) is 5.92 Å². The third-order valence-electron chi connectivity index (χ3n) is 4.35. The molecule has 0 bridgehead atoms. The summed E-state index contributed by atoms with van der Waals surface area (Å²) in [6.07, 6.45) is 3.49. The normalized spacial score (nSPS) is 15.9. The molecule has 1 aliphatic rings. The molecule has 1 heterocycles. The molecule has 5 nitrogen and oxygen atoms in total. The number of hydrogen-bond acceptors (Lipinski definition) is 3. The van der Waals surface area contributed by atoms with Crippen LogP contribution in [0.2, 0.25) is 0 Å². The van der Waals surface area contributed by atoms with Gasteiger partial charge >= 0.3 is 0 Å². The molecular weight excluding hydrogens is 370 g/mol. The molecule has 0 unspecified atom stereocenters. The van der Waals surface area contributed by atoms with Gasteiger partial charge in [-0.15, -0.1) is 0 Å². The maximum atomic E-state index is 11.9. The number of benzene rings is 1. The first-order valence-corrected chi connectivity index (χ1v) is 9.36. The summed E-state index contributed by atoms with van der Waals surface area (Å²) in [6.45, 7) is 6.32. The van der Waals surface area contributed by atoms with Gasteiger partial charge in [-0.1, -0.05) is 28.9 Å². The standard InChI is InChI=1S/C18H26BrN3O2/c1-14-6-10-22(11-7-14)9-3-8-20-17(23)13-21-18(24)15-4-2-5-16(19)12-15/h2,4-5,12,14H,3,6-11,13H2,1H3,(H,20,23)(H,21,24). The van der Waals surface area contributed by atoms with Crippen LogP contribution in [0.5, 0.6) is 0 Å². The molecule has 1 aromatic rings. The molecule has 1 aromatic carbocycles. The van der Waals surface area contributed by atoms with Crippen LogP contribution in [-0.2, 0) is 4.79 Å². The highest BCUT2D eigenvalue weighted by molar-refractivity contribution is 9.10. The minimum atomic E-state index is -0.242. The highest BCUT2D eigenvalue weighted by atomic mass is 79.9. The van der Waals surface area contributed by atoms with Crippen molar-refractivity contribution in [1.82, 2.24) is 15.5 Å². The first-order valence-electron chi connectivity index (χ1n) is 8.57. The van der Waals surface area contributed by atoms with Crippen LogP contribution in [0.25, 0.3) is 0 Å². The summed E-state index contributed by atoms with van der Waals surface area (Å²) in [5.41, 5.74) is 0.538. The zero-order valence-electron chi connectivity index (χ0n) is 14.2. The van der Waals surface area contributed by atoms with Crippen LogP contribution in [-0.4, -0.2) is 49.4 Å². The summed E-state index contributed by atoms with van der Waals surface area (Å²) in [5, 5.41) is 5.50. The second kappa shape index (κ2) is 9.79. The van der Waals surface area contributed by atoms with Crippen molar-refractivity contribution in [3.05, 3.63) is 34.3 Å². The number of halogens is 1. The number of piperidine rings is 1. The maximum Gasteiger partial charge on any atom is 0.251 e. The molecule has 0 aliphatic carbocycles. The fourth-order valence-corrected chi connectivity index (χ4v) is 3.17. The Bertz CT molecular complexity index is 557. The van der Waals surface area contributed by atoms with Gasteiger partial charge in [-0.25, -0.2) is 0 Å². The van der Waals surface area contributed by atoms with E-state index in [1.54, 1.807) is 18.2 Å². The SMILES string of the molecule is CC1CCN(CCCNC(=O)CNC(=O)c2cccc(Br)c2)CC1. The van der Waals surface area contributed by atoms with Gasteiger partial charge in [-0.05, 0) is 63.0 Å². The van der Waals surface area contributed by atoms with Crippen molar-refractivity contribution in [2.75, 3.05) is 32.7 Å². The number of nitrogens with zero attached hydrogens (tertiary/aromatic N) is 1. The molecule has 0 atom stereocenters. The van der Waals surface area contributed by atoms with Gasteiger partial charge in [0, 0.05) is 16.6 Å². The van der Waals surface area contributed by atoms with Crippen LogP contribution in [0.3, 0.4) is 0 Å².